The molecule has 0 atom stereocenters. The molecule has 0 bridgehead atoms. The van der Waals surface area contributed by atoms with E-state index in [-0.39, 0.29) is 30.4 Å². The van der Waals surface area contributed by atoms with Gasteiger partial charge in [-0.25, -0.2) is 0 Å². The highest BCUT2D eigenvalue weighted by Crippen LogP contribution is 2.21. The molecule has 0 radical (unpaired) electrons. The molecule has 2 aromatic rings. The van der Waals surface area contributed by atoms with Crippen LogP contribution in [0.5, 0.6) is 0 Å². The van der Waals surface area contributed by atoms with Crippen LogP contribution >= 0.6 is 0 Å². The highest BCUT2D eigenvalue weighted by Gasteiger charge is 2.13. The molecule has 0 aliphatic heterocycles. The van der Waals surface area contributed by atoms with Crippen molar-refractivity contribution in [3.05, 3.63) is 56.3 Å². The van der Waals surface area contributed by atoms with Gasteiger partial charge < -0.3 is 15.4 Å². The van der Waals surface area contributed by atoms with Crippen LogP contribution in [0.15, 0.2) is 30.5 Å². The average Bonchev–Trinajstić information content (AvgIpc) is 2.96. The number of carbonyl (C=O) groups excluding carboxylic acids is 1. The Morgan fingerprint density at radius 1 is 1.26 bits per heavy atom. The number of carbonyl (C=O) groups is 1. The number of nitro benzene ring substituents is 1. The Morgan fingerprint density at radius 2 is 2.00 bits per heavy atom. The number of nitrogens with zero attached hydrogens (tertiary/aromatic N) is 4. The summed E-state index contributed by atoms with van der Waals surface area (Å²) in [6.07, 6.45) is 1.48. The Labute approximate surface area is 130 Å². The molecule has 2 rings (SSSR count). The van der Waals surface area contributed by atoms with E-state index in [1.807, 2.05) is 0 Å². The van der Waals surface area contributed by atoms with Gasteiger partial charge in [-0.3, -0.25) is 14.9 Å². The molecular formula is C13H13N5O5. The second-order valence-electron chi connectivity index (χ2n) is 4.75. The third kappa shape index (κ3) is 4.09. The monoisotopic (exact) mass is 319 g/mol. The molecule has 1 aromatic carbocycles. The first-order valence-electron chi connectivity index (χ1n) is 6.59. The molecule has 1 amide bonds. The van der Waals surface area contributed by atoms with Crippen LogP contribution in [-0.4, -0.2) is 25.5 Å². The first-order chi connectivity index (χ1) is 10.9. The van der Waals surface area contributed by atoms with Gasteiger partial charge in [0.15, 0.2) is 0 Å². The smallest absolute Gasteiger partial charge is 0.358 e. The molecule has 0 saturated heterocycles. The number of aromatic nitrogens is 2. The summed E-state index contributed by atoms with van der Waals surface area (Å²) in [6, 6.07) is 5.38. The van der Waals surface area contributed by atoms with Crippen LogP contribution in [0.1, 0.15) is 12.0 Å². The Kier molecular flexibility index (Phi) is 4.64. The van der Waals surface area contributed by atoms with Crippen molar-refractivity contribution in [2.75, 3.05) is 5.32 Å². The van der Waals surface area contributed by atoms with Crippen molar-refractivity contribution in [3.8, 4) is 0 Å². The summed E-state index contributed by atoms with van der Waals surface area (Å²) in [5.74, 6) is -0.600. The topological polar surface area (TPSA) is 133 Å². The van der Waals surface area contributed by atoms with Crippen molar-refractivity contribution >= 4 is 23.1 Å². The number of nitrogens with one attached hydrogen (secondary N) is 1. The van der Waals surface area contributed by atoms with Gasteiger partial charge in [-0.1, -0.05) is 0 Å². The van der Waals surface area contributed by atoms with Crippen molar-refractivity contribution < 1.29 is 14.6 Å². The molecular weight excluding hydrogens is 306 g/mol. The lowest BCUT2D eigenvalue weighted by Crippen LogP contribution is -2.15. The minimum atomic E-state index is -0.614. The summed E-state index contributed by atoms with van der Waals surface area (Å²) >= 11 is 0. The number of non-ortho nitro benzene ring substituents is 1. The van der Waals surface area contributed by atoms with Crippen molar-refractivity contribution in [1.29, 1.82) is 0 Å². The molecule has 10 nitrogen and oxygen atoms in total. The van der Waals surface area contributed by atoms with Crippen molar-refractivity contribution in [2.45, 2.75) is 19.9 Å². The summed E-state index contributed by atoms with van der Waals surface area (Å²) in [5.41, 5.74) is 0.999. The fraction of sp³-hybridized carbons (Fsp3) is 0.231. The van der Waals surface area contributed by atoms with Gasteiger partial charge in [-0.15, -0.1) is 0 Å². The molecule has 0 saturated carbocycles. The molecule has 0 aliphatic carbocycles. The van der Waals surface area contributed by atoms with Gasteiger partial charge in [0.2, 0.25) is 5.91 Å². The molecule has 120 valence electrons. The quantitative estimate of drug-likeness (QED) is 0.639. The van der Waals surface area contributed by atoms with E-state index in [9.17, 15) is 25.0 Å². The number of aryl methyl sites for hydroxylation is 2. The largest absolute Gasteiger partial charge is 0.389 e. The first-order valence-corrected chi connectivity index (χ1v) is 6.59. The van der Waals surface area contributed by atoms with Gasteiger partial charge >= 0.3 is 5.82 Å². The van der Waals surface area contributed by atoms with Crippen LogP contribution in [0.25, 0.3) is 0 Å². The third-order valence-corrected chi connectivity index (χ3v) is 3.08. The van der Waals surface area contributed by atoms with E-state index < -0.39 is 9.85 Å². The van der Waals surface area contributed by atoms with E-state index in [0.29, 0.717) is 11.3 Å². The fourth-order valence-electron chi connectivity index (χ4n) is 1.90. The van der Waals surface area contributed by atoms with Crippen LogP contribution in [0.2, 0.25) is 0 Å². The van der Waals surface area contributed by atoms with Crippen LogP contribution in [0.3, 0.4) is 0 Å². The zero-order valence-electron chi connectivity index (χ0n) is 12.1. The SMILES string of the molecule is Cc1cc([N+](=O)[O-])ccc1NC(=O)CCn1ccc([N+](=O)[O-])n1. The Morgan fingerprint density at radius 3 is 2.57 bits per heavy atom. The van der Waals surface area contributed by atoms with Crippen LogP contribution in [0, 0.1) is 27.2 Å². The Balaban J connectivity index is 1.94. The minimum absolute atomic E-state index is 0.0515. The Hall–Kier alpha value is -3.30. The molecule has 23 heavy (non-hydrogen) atoms. The normalized spacial score (nSPS) is 10.3. The van der Waals surface area contributed by atoms with E-state index in [1.165, 1.54) is 35.1 Å². The first kappa shape index (κ1) is 16.1. The number of benzene rings is 1. The molecule has 0 aliphatic rings. The van der Waals surface area contributed by atoms with E-state index >= 15 is 0 Å². The molecule has 1 aromatic heterocycles. The number of anilines is 1. The standard InChI is InChI=1S/C13H13N5O5/c1-9-8-10(17(20)21)2-3-11(9)14-13(19)5-7-16-6-4-12(15-16)18(22)23/h2-4,6,8H,5,7H2,1H3,(H,14,19). The van der Waals surface area contributed by atoms with Gasteiger partial charge in [-0.2, -0.15) is 4.68 Å². The van der Waals surface area contributed by atoms with Crippen molar-refractivity contribution in [3.63, 3.8) is 0 Å². The van der Waals surface area contributed by atoms with Gasteiger partial charge in [0.25, 0.3) is 5.69 Å². The molecule has 10 heteroatoms. The van der Waals surface area contributed by atoms with Crippen LogP contribution < -0.4 is 5.32 Å². The second kappa shape index (κ2) is 6.64. The lowest BCUT2D eigenvalue weighted by molar-refractivity contribution is -0.389. The number of nitro groups is 2. The number of hydrogen-bond acceptors (Lipinski definition) is 6. The highest BCUT2D eigenvalue weighted by atomic mass is 16.6. The number of rotatable bonds is 6. The highest BCUT2D eigenvalue weighted by molar-refractivity contribution is 5.91. The molecule has 1 heterocycles. The molecule has 0 fully saturated rings. The lowest BCUT2D eigenvalue weighted by atomic mass is 10.1. The predicted octanol–water partition coefficient (Wildman–Crippen LogP) is 2.04. The molecule has 1 N–H and O–H groups in total. The third-order valence-electron chi connectivity index (χ3n) is 3.08. The van der Waals surface area contributed by atoms with E-state index in [4.69, 9.17) is 0 Å². The number of hydrogen-bond donors (Lipinski definition) is 1. The van der Waals surface area contributed by atoms with Crippen LogP contribution in [0.4, 0.5) is 17.2 Å². The zero-order chi connectivity index (χ0) is 17.0. The van der Waals surface area contributed by atoms with Gasteiger partial charge in [0.05, 0.1) is 28.8 Å². The van der Waals surface area contributed by atoms with Gasteiger partial charge in [-0.05, 0) is 23.5 Å². The predicted molar refractivity (Wildman–Crippen MR) is 80.0 cm³/mol. The van der Waals surface area contributed by atoms with Gasteiger partial charge in [0, 0.05) is 24.2 Å². The zero-order valence-corrected chi connectivity index (χ0v) is 12.1. The van der Waals surface area contributed by atoms with E-state index in [0.717, 1.165) is 0 Å². The summed E-state index contributed by atoms with van der Waals surface area (Å²) in [7, 11) is 0. The fourth-order valence-corrected chi connectivity index (χ4v) is 1.90. The van der Waals surface area contributed by atoms with Crippen LogP contribution in [-0.2, 0) is 11.3 Å². The van der Waals surface area contributed by atoms with Gasteiger partial charge in [0.1, 0.15) is 0 Å². The molecule has 0 spiro atoms. The second-order valence-corrected chi connectivity index (χ2v) is 4.75. The summed E-state index contributed by atoms with van der Waals surface area (Å²) < 4.78 is 1.31. The summed E-state index contributed by atoms with van der Waals surface area (Å²) in [6.45, 7) is 1.84. The maximum Gasteiger partial charge on any atom is 0.389 e. The van der Waals surface area contributed by atoms with E-state index in [1.54, 1.807) is 6.92 Å². The maximum absolute atomic E-state index is 11.9. The minimum Gasteiger partial charge on any atom is -0.358 e. The summed E-state index contributed by atoms with van der Waals surface area (Å²) in [4.78, 5) is 31.9. The average molecular weight is 319 g/mol. The Bertz CT molecular complexity index is 770. The summed E-state index contributed by atoms with van der Waals surface area (Å²) in [5, 5.41) is 27.5. The molecule has 0 unspecified atom stereocenters. The van der Waals surface area contributed by atoms with Crippen molar-refractivity contribution in [1.82, 2.24) is 9.78 Å². The number of amides is 1. The maximum atomic E-state index is 11.9. The lowest BCUT2D eigenvalue weighted by Gasteiger charge is -2.07. The van der Waals surface area contributed by atoms with E-state index in [2.05, 4.69) is 10.4 Å². The van der Waals surface area contributed by atoms with Crippen molar-refractivity contribution in [2.24, 2.45) is 0 Å².